The van der Waals surface area contributed by atoms with Gasteiger partial charge in [-0.25, -0.2) is 8.78 Å². The molecule has 0 amide bonds. The highest BCUT2D eigenvalue weighted by Gasteiger charge is 2.60. The molecule has 2 aliphatic rings. The number of alkyl halides is 5. The van der Waals surface area contributed by atoms with Gasteiger partial charge in [0.15, 0.2) is 6.10 Å². The van der Waals surface area contributed by atoms with Crippen molar-refractivity contribution >= 4 is 5.69 Å². The van der Waals surface area contributed by atoms with Crippen LogP contribution in [0.2, 0.25) is 0 Å². The van der Waals surface area contributed by atoms with Gasteiger partial charge >= 0.3 is 6.18 Å². The van der Waals surface area contributed by atoms with Crippen LogP contribution in [-0.2, 0) is 0 Å². The van der Waals surface area contributed by atoms with E-state index in [4.69, 9.17) is 5.26 Å². The summed E-state index contributed by atoms with van der Waals surface area (Å²) in [7, 11) is 0. The van der Waals surface area contributed by atoms with Gasteiger partial charge in [-0.05, 0) is 36.5 Å². The number of aliphatic hydroxyl groups is 1. The number of halogens is 5. The third kappa shape index (κ3) is 2.74. The molecule has 1 aliphatic carbocycles. The Hall–Kier alpha value is -1.88. The Balaban J connectivity index is 1.95. The van der Waals surface area contributed by atoms with Crippen LogP contribution < -0.4 is 4.90 Å². The fraction of sp³-hybridized carbons (Fsp3) is 0.533. The normalized spacial score (nSPS) is 27.7. The molecule has 124 valence electrons. The maximum atomic E-state index is 13.0. The standard InChI is InChI=1S/C15H13F5N2O/c16-14(17)11-4-9(2-1-7(11)5-21)22-6-8-3-10(8)12(22)13(23)15(18,19)20/h1-2,4,8,10,12-14,23H,3,6H2/t8-,10-,12-,13-/m1/s1. The van der Waals surface area contributed by atoms with Crippen molar-refractivity contribution in [2.45, 2.75) is 31.2 Å². The largest absolute Gasteiger partial charge is 0.416 e. The molecule has 8 heteroatoms. The van der Waals surface area contributed by atoms with Crippen molar-refractivity contribution in [2.24, 2.45) is 11.8 Å². The summed E-state index contributed by atoms with van der Waals surface area (Å²) in [4.78, 5) is 1.34. The summed E-state index contributed by atoms with van der Waals surface area (Å²) >= 11 is 0. The fourth-order valence-corrected chi connectivity index (χ4v) is 3.39. The molecule has 2 fully saturated rings. The molecular weight excluding hydrogens is 319 g/mol. The highest BCUT2D eigenvalue weighted by atomic mass is 19.4. The molecule has 3 nitrogen and oxygen atoms in total. The number of aliphatic hydroxyl groups excluding tert-OH is 1. The van der Waals surface area contributed by atoms with Crippen molar-refractivity contribution in [1.82, 2.24) is 0 Å². The minimum atomic E-state index is -4.77. The van der Waals surface area contributed by atoms with Crippen molar-refractivity contribution in [2.75, 3.05) is 11.4 Å². The van der Waals surface area contributed by atoms with Gasteiger partial charge in [-0.1, -0.05) is 0 Å². The van der Waals surface area contributed by atoms with Crippen molar-refractivity contribution in [1.29, 1.82) is 5.26 Å². The zero-order valence-electron chi connectivity index (χ0n) is 11.8. The molecule has 1 heterocycles. The first kappa shape index (κ1) is 16.0. The summed E-state index contributed by atoms with van der Waals surface area (Å²) in [6.45, 7) is 0.289. The lowest BCUT2D eigenvalue weighted by molar-refractivity contribution is -0.210. The number of piperidine rings is 1. The maximum Gasteiger partial charge on any atom is 0.416 e. The molecule has 1 saturated heterocycles. The van der Waals surface area contributed by atoms with Gasteiger partial charge in [-0.2, -0.15) is 18.4 Å². The number of nitrogens with zero attached hydrogens (tertiary/aromatic N) is 2. The molecule has 1 aromatic carbocycles. The van der Waals surface area contributed by atoms with Crippen LogP contribution in [0.15, 0.2) is 18.2 Å². The minimum absolute atomic E-state index is 0.0441. The monoisotopic (exact) mass is 332 g/mol. The molecular formula is C15H13F5N2O. The Kier molecular flexibility index (Phi) is 3.71. The van der Waals surface area contributed by atoms with E-state index in [1.807, 2.05) is 0 Å². The van der Waals surface area contributed by atoms with E-state index in [1.165, 1.54) is 17.0 Å². The molecule has 0 unspecified atom stereocenters. The molecule has 1 aliphatic heterocycles. The average Bonchev–Trinajstić information content (AvgIpc) is 3.15. The van der Waals surface area contributed by atoms with Gasteiger partial charge in [0.25, 0.3) is 6.43 Å². The summed E-state index contributed by atoms with van der Waals surface area (Å²) in [6.07, 6.45) is -9.58. The van der Waals surface area contributed by atoms with Gasteiger partial charge in [-0.3, -0.25) is 0 Å². The van der Waals surface area contributed by atoms with Crippen LogP contribution in [0, 0.1) is 23.2 Å². The molecule has 0 bridgehead atoms. The van der Waals surface area contributed by atoms with Crippen LogP contribution in [0.4, 0.5) is 27.6 Å². The van der Waals surface area contributed by atoms with E-state index in [0.29, 0.717) is 6.42 Å². The van der Waals surface area contributed by atoms with E-state index >= 15 is 0 Å². The van der Waals surface area contributed by atoms with Crippen molar-refractivity contribution < 1.29 is 27.1 Å². The summed E-state index contributed by atoms with van der Waals surface area (Å²) in [6, 6.07) is 4.05. The van der Waals surface area contributed by atoms with E-state index < -0.39 is 30.3 Å². The Labute approximate surface area is 128 Å². The fourth-order valence-electron chi connectivity index (χ4n) is 3.39. The number of fused-ring (bicyclic) bond motifs is 1. The topological polar surface area (TPSA) is 47.3 Å². The van der Waals surface area contributed by atoms with E-state index in [1.54, 1.807) is 6.07 Å². The Morgan fingerprint density at radius 2 is 2.00 bits per heavy atom. The second-order valence-electron chi connectivity index (χ2n) is 5.97. The zero-order valence-corrected chi connectivity index (χ0v) is 11.8. The van der Waals surface area contributed by atoms with Crippen molar-refractivity contribution in [3.05, 3.63) is 29.3 Å². The van der Waals surface area contributed by atoms with E-state index in [-0.39, 0.29) is 29.6 Å². The summed E-state index contributed by atoms with van der Waals surface area (Å²) in [5, 5.41) is 18.5. The minimum Gasteiger partial charge on any atom is -0.382 e. The molecule has 0 spiro atoms. The average molecular weight is 332 g/mol. The van der Waals surface area contributed by atoms with Gasteiger partial charge in [0.05, 0.1) is 17.7 Å². The van der Waals surface area contributed by atoms with Crippen LogP contribution in [0.25, 0.3) is 0 Å². The Bertz CT molecular complexity index is 654. The number of rotatable bonds is 3. The zero-order chi connectivity index (χ0) is 16.9. The van der Waals surface area contributed by atoms with E-state index in [0.717, 1.165) is 6.07 Å². The van der Waals surface area contributed by atoms with Crippen molar-refractivity contribution in [3.63, 3.8) is 0 Å². The third-order valence-electron chi connectivity index (χ3n) is 4.59. The predicted molar refractivity (Wildman–Crippen MR) is 70.9 cm³/mol. The maximum absolute atomic E-state index is 13.0. The number of hydrogen-bond acceptors (Lipinski definition) is 3. The number of nitriles is 1. The van der Waals surface area contributed by atoms with Crippen LogP contribution in [0.3, 0.4) is 0 Å². The van der Waals surface area contributed by atoms with Crippen molar-refractivity contribution in [3.8, 4) is 6.07 Å². The molecule has 0 radical (unpaired) electrons. The Morgan fingerprint density at radius 3 is 2.57 bits per heavy atom. The quantitative estimate of drug-likeness (QED) is 0.865. The molecule has 1 N–H and O–H groups in total. The molecule has 1 aromatic rings. The molecule has 0 aromatic heterocycles. The molecule has 3 rings (SSSR count). The van der Waals surface area contributed by atoms with E-state index in [9.17, 15) is 27.1 Å². The molecule has 4 atom stereocenters. The van der Waals surface area contributed by atoms with Crippen LogP contribution in [0.5, 0.6) is 0 Å². The highest BCUT2D eigenvalue weighted by Crippen LogP contribution is 2.53. The number of hydrogen-bond donors (Lipinski definition) is 1. The van der Waals surface area contributed by atoms with Crippen LogP contribution in [-0.4, -0.2) is 30.0 Å². The predicted octanol–water partition coefficient (Wildman–Crippen LogP) is 3.24. The SMILES string of the molecule is N#Cc1ccc(N2C[C@H]3C[C@H]3[C@@H]2[C@@H](O)C(F)(F)F)cc1C(F)F. The van der Waals surface area contributed by atoms with Gasteiger partial charge in [0, 0.05) is 17.8 Å². The smallest absolute Gasteiger partial charge is 0.382 e. The first-order valence-corrected chi connectivity index (χ1v) is 7.07. The molecule has 1 saturated carbocycles. The molecule has 23 heavy (non-hydrogen) atoms. The highest BCUT2D eigenvalue weighted by molar-refractivity contribution is 5.57. The lowest BCUT2D eigenvalue weighted by Crippen LogP contribution is -2.49. The van der Waals surface area contributed by atoms with Crippen LogP contribution >= 0.6 is 0 Å². The van der Waals surface area contributed by atoms with Crippen LogP contribution in [0.1, 0.15) is 24.0 Å². The van der Waals surface area contributed by atoms with Gasteiger partial charge in [0.2, 0.25) is 0 Å². The van der Waals surface area contributed by atoms with Gasteiger partial charge < -0.3 is 10.0 Å². The third-order valence-corrected chi connectivity index (χ3v) is 4.59. The second kappa shape index (κ2) is 5.34. The Morgan fingerprint density at radius 1 is 1.30 bits per heavy atom. The summed E-state index contributed by atoms with van der Waals surface area (Å²) in [5.41, 5.74) is -0.536. The number of benzene rings is 1. The first-order chi connectivity index (χ1) is 10.7. The first-order valence-electron chi connectivity index (χ1n) is 7.07. The summed E-state index contributed by atoms with van der Waals surface area (Å²) in [5.74, 6) is -0.236. The van der Waals surface area contributed by atoms with E-state index in [2.05, 4.69) is 0 Å². The van der Waals surface area contributed by atoms with Gasteiger partial charge in [-0.15, -0.1) is 0 Å². The lowest BCUT2D eigenvalue weighted by atomic mass is 10.0. The number of anilines is 1. The summed E-state index contributed by atoms with van der Waals surface area (Å²) < 4.78 is 64.6. The lowest BCUT2D eigenvalue weighted by Gasteiger charge is -2.34. The van der Waals surface area contributed by atoms with Gasteiger partial charge in [0.1, 0.15) is 0 Å². The second-order valence-corrected chi connectivity index (χ2v) is 5.97.